The van der Waals surface area contributed by atoms with Crippen molar-refractivity contribution in [3.63, 3.8) is 0 Å². The van der Waals surface area contributed by atoms with E-state index >= 15 is 0 Å². The molecule has 124 valence electrons. The fourth-order valence-electron chi connectivity index (χ4n) is 3.77. The van der Waals surface area contributed by atoms with Gasteiger partial charge in [-0.25, -0.2) is 0 Å². The molecule has 0 amide bonds. The molecule has 0 fully saturated rings. The third kappa shape index (κ3) is 2.80. The highest BCUT2D eigenvalue weighted by molar-refractivity contribution is 5.82. The highest BCUT2D eigenvalue weighted by atomic mass is 15.2. The Morgan fingerprint density at radius 3 is 2.62 bits per heavy atom. The first-order valence-electron chi connectivity index (χ1n) is 8.77. The molecule has 4 rings (SSSR count). The summed E-state index contributed by atoms with van der Waals surface area (Å²) in [5.41, 5.74) is 5.57. The number of hydrogen-bond donors (Lipinski definition) is 0. The monoisotopic (exact) mass is 319 g/mol. The fourth-order valence-corrected chi connectivity index (χ4v) is 3.77. The standard InChI is InChI=1S/C21H25N3/c1-22(2)12-7-13-23-16-19-14-17-8-3-6-11-21(17)24(19)15-18-9-4-5-10-20(18)23/h3-6,8-11,14H,7,12-13,15-16H2,1-2H3. The Morgan fingerprint density at radius 2 is 1.75 bits per heavy atom. The van der Waals surface area contributed by atoms with E-state index < -0.39 is 0 Å². The van der Waals surface area contributed by atoms with Crippen LogP contribution in [-0.2, 0) is 13.1 Å². The SMILES string of the molecule is CN(C)CCCN1Cc2cc3ccccc3n2Cc2ccccc21. The number of para-hydroxylation sites is 2. The van der Waals surface area contributed by atoms with Crippen LogP contribution in [0, 0.1) is 0 Å². The summed E-state index contributed by atoms with van der Waals surface area (Å²) >= 11 is 0. The Balaban J connectivity index is 1.73. The van der Waals surface area contributed by atoms with E-state index in [2.05, 4.69) is 83.1 Å². The highest BCUT2D eigenvalue weighted by Crippen LogP contribution is 2.31. The van der Waals surface area contributed by atoms with Crippen molar-refractivity contribution in [2.75, 3.05) is 32.1 Å². The molecule has 3 aromatic rings. The summed E-state index contributed by atoms with van der Waals surface area (Å²) in [5, 5.41) is 1.35. The van der Waals surface area contributed by atoms with E-state index in [-0.39, 0.29) is 0 Å². The predicted octanol–water partition coefficient (Wildman–Crippen LogP) is 3.96. The molecule has 0 spiro atoms. The lowest BCUT2D eigenvalue weighted by molar-refractivity contribution is 0.400. The van der Waals surface area contributed by atoms with Crippen molar-refractivity contribution in [1.29, 1.82) is 0 Å². The Hall–Kier alpha value is -2.26. The first-order valence-corrected chi connectivity index (χ1v) is 8.77. The molecule has 0 unspecified atom stereocenters. The van der Waals surface area contributed by atoms with Gasteiger partial charge in [-0.05, 0) is 56.2 Å². The predicted molar refractivity (Wildman–Crippen MR) is 102 cm³/mol. The quantitative estimate of drug-likeness (QED) is 0.721. The van der Waals surface area contributed by atoms with E-state index in [1.165, 1.54) is 34.3 Å². The van der Waals surface area contributed by atoms with Crippen LogP contribution in [0.1, 0.15) is 17.7 Å². The Bertz CT molecular complexity index is 847. The average Bonchev–Trinajstić information content (AvgIpc) is 2.83. The minimum absolute atomic E-state index is 0.962. The van der Waals surface area contributed by atoms with Crippen LogP contribution in [0.25, 0.3) is 10.9 Å². The maximum atomic E-state index is 2.55. The van der Waals surface area contributed by atoms with Crippen LogP contribution in [0.4, 0.5) is 5.69 Å². The van der Waals surface area contributed by atoms with Crippen LogP contribution in [0.2, 0.25) is 0 Å². The summed E-state index contributed by atoms with van der Waals surface area (Å²) in [7, 11) is 4.29. The van der Waals surface area contributed by atoms with Crippen molar-refractivity contribution >= 4 is 16.6 Å². The Labute approximate surface area is 144 Å². The smallest absolute Gasteiger partial charge is 0.0582 e. The zero-order valence-electron chi connectivity index (χ0n) is 14.6. The molecule has 0 bridgehead atoms. The van der Waals surface area contributed by atoms with Crippen molar-refractivity contribution in [1.82, 2.24) is 9.47 Å². The molecule has 3 heteroatoms. The molecule has 1 aliphatic heterocycles. The summed E-state index contributed by atoms with van der Waals surface area (Å²) in [6, 6.07) is 20.0. The number of anilines is 1. The molecule has 1 aliphatic rings. The van der Waals surface area contributed by atoms with Crippen LogP contribution in [0.5, 0.6) is 0 Å². The summed E-state index contributed by atoms with van der Waals surface area (Å²) < 4.78 is 2.49. The highest BCUT2D eigenvalue weighted by Gasteiger charge is 2.20. The van der Waals surface area contributed by atoms with Crippen molar-refractivity contribution in [3.05, 3.63) is 65.9 Å². The number of nitrogens with zero attached hydrogens (tertiary/aromatic N) is 3. The Kier molecular flexibility index (Phi) is 4.03. The van der Waals surface area contributed by atoms with Crippen LogP contribution in [-0.4, -0.2) is 36.7 Å². The van der Waals surface area contributed by atoms with Gasteiger partial charge in [-0.1, -0.05) is 36.4 Å². The van der Waals surface area contributed by atoms with Gasteiger partial charge < -0.3 is 14.4 Å². The zero-order valence-corrected chi connectivity index (χ0v) is 14.6. The maximum absolute atomic E-state index is 2.55. The largest absolute Gasteiger partial charge is 0.365 e. The molecule has 0 atom stereocenters. The van der Waals surface area contributed by atoms with Gasteiger partial charge in [0.05, 0.1) is 6.54 Å². The molecule has 2 heterocycles. The first kappa shape index (κ1) is 15.3. The summed E-state index contributed by atoms with van der Waals surface area (Å²) in [6.45, 7) is 4.17. The second kappa shape index (κ2) is 6.33. The second-order valence-corrected chi connectivity index (χ2v) is 6.99. The number of hydrogen-bond acceptors (Lipinski definition) is 2. The van der Waals surface area contributed by atoms with E-state index in [1.54, 1.807) is 0 Å². The van der Waals surface area contributed by atoms with Gasteiger partial charge in [0.15, 0.2) is 0 Å². The summed E-state index contributed by atoms with van der Waals surface area (Å²) in [6.07, 6.45) is 1.18. The molecule has 24 heavy (non-hydrogen) atoms. The van der Waals surface area contributed by atoms with Crippen LogP contribution in [0.3, 0.4) is 0 Å². The van der Waals surface area contributed by atoms with Gasteiger partial charge >= 0.3 is 0 Å². The minimum atomic E-state index is 0.962. The lowest BCUT2D eigenvalue weighted by atomic mass is 10.1. The van der Waals surface area contributed by atoms with Crippen molar-refractivity contribution < 1.29 is 0 Å². The van der Waals surface area contributed by atoms with Gasteiger partial charge in [-0.2, -0.15) is 0 Å². The van der Waals surface area contributed by atoms with Crippen molar-refractivity contribution in [2.45, 2.75) is 19.5 Å². The van der Waals surface area contributed by atoms with E-state index in [0.29, 0.717) is 0 Å². The van der Waals surface area contributed by atoms with Gasteiger partial charge in [0.25, 0.3) is 0 Å². The number of aromatic nitrogens is 1. The first-order chi connectivity index (χ1) is 11.7. The molecule has 0 saturated heterocycles. The Morgan fingerprint density at radius 1 is 0.958 bits per heavy atom. The molecule has 0 radical (unpaired) electrons. The van der Waals surface area contributed by atoms with Crippen molar-refractivity contribution in [3.8, 4) is 0 Å². The topological polar surface area (TPSA) is 11.4 Å². The molecule has 1 aromatic heterocycles. The van der Waals surface area contributed by atoms with Crippen molar-refractivity contribution in [2.24, 2.45) is 0 Å². The van der Waals surface area contributed by atoms with Gasteiger partial charge in [0.2, 0.25) is 0 Å². The lowest BCUT2D eigenvalue weighted by Gasteiger charge is -2.25. The number of benzene rings is 2. The zero-order chi connectivity index (χ0) is 16.5. The maximum Gasteiger partial charge on any atom is 0.0582 e. The minimum Gasteiger partial charge on any atom is -0.365 e. The third-order valence-corrected chi connectivity index (χ3v) is 4.94. The molecule has 2 aromatic carbocycles. The van der Waals surface area contributed by atoms with Crippen LogP contribution in [0.15, 0.2) is 54.6 Å². The third-order valence-electron chi connectivity index (χ3n) is 4.94. The lowest BCUT2D eigenvalue weighted by Crippen LogP contribution is -2.27. The summed E-state index contributed by atoms with van der Waals surface area (Å²) in [5.74, 6) is 0. The van der Waals surface area contributed by atoms with Crippen LogP contribution < -0.4 is 4.90 Å². The van der Waals surface area contributed by atoms with Gasteiger partial charge in [0, 0.05) is 30.0 Å². The summed E-state index contributed by atoms with van der Waals surface area (Å²) in [4.78, 5) is 4.82. The molecule has 0 N–H and O–H groups in total. The normalized spacial score (nSPS) is 13.9. The van der Waals surface area contributed by atoms with Gasteiger partial charge in [-0.3, -0.25) is 0 Å². The average molecular weight is 319 g/mol. The van der Waals surface area contributed by atoms with E-state index in [1.807, 2.05) is 0 Å². The number of rotatable bonds is 4. The molecule has 0 saturated carbocycles. The second-order valence-electron chi connectivity index (χ2n) is 6.99. The van der Waals surface area contributed by atoms with Crippen LogP contribution >= 0.6 is 0 Å². The number of fused-ring (bicyclic) bond motifs is 4. The van der Waals surface area contributed by atoms with E-state index in [9.17, 15) is 0 Å². The molecular weight excluding hydrogens is 294 g/mol. The van der Waals surface area contributed by atoms with Gasteiger partial charge in [-0.15, -0.1) is 0 Å². The molecule has 3 nitrogen and oxygen atoms in total. The van der Waals surface area contributed by atoms with Gasteiger partial charge in [0.1, 0.15) is 0 Å². The molecular formula is C21H25N3. The fraction of sp³-hybridized carbons (Fsp3) is 0.333. The molecule has 0 aliphatic carbocycles. The van der Waals surface area contributed by atoms with E-state index in [0.717, 1.165) is 26.2 Å². The van der Waals surface area contributed by atoms with E-state index in [4.69, 9.17) is 0 Å².